The molecular weight excluding hydrogens is 394 g/mol. The maximum atomic E-state index is 12.6. The van der Waals surface area contributed by atoms with Crippen molar-refractivity contribution in [1.29, 1.82) is 0 Å². The Kier molecular flexibility index (Phi) is 6.18. The van der Waals surface area contributed by atoms with E-state index in [1.165, 1.54) is 4.57 Å². The summed E-state index contributed by atoms with van der Waals surface area (Å²) in [7, 11) is 1.71. The SMILES string of the molecule is Cn1c(=O)n(CC(=O)NC2CCN(CC(=O)Nc3ccccc3)CC2)c2ccccc21. The third-order valence-electron chi connectivity index (χ3n) is 5.73. The molecule has 1 aliphatic rings. The fourth-order valence-electron chi connectivity index (χ4n) is 4.09. The largest absolute Gasteiger partial charge is 0.352 e. The van der Waals surface area contributed by atoms with Crippen molar-refractivity contribution in [3.05, 3.63) is 65.1 Å². The predicted molar refractivity (Wildman–Crippen MR) is 120 cm³/mol. The van der Waals surface area contributed by atoms with Crippen LogP contribution < -0.4 is 16.3 Å². The minimum Gasteiger partial charge on any atom is -0.352 e. The van der Waals surface area contributed by atoms with Gasteiger partial charge in [0.15, 0.2) is 0 Å². The number of amides is 2. The Balaban J connectivity index is 1.27. The van der Waals surface area contributed by atoms with E-state index in [1.807, 2.05) is 54.6 Å². The average Bonchev–Trinajstić information content (AvgIpc) is 3.01. The molecule has 1 saturated heterocycles. The van der Waals surface area contributed by atoms with Crippen LogP contribution in [0.4, 0.5) is 5.69 Å². The van der Waals surface area contributed by atoms with Gasteiger partial charge in [0.05, 0.1) is 17.6 Å². The highest BCUT2D eigenvalue weighted by Crippen LogP contribution is 2.13. The first-order valence-corrected chi connectivity index (χ1v) is 10.5. The lowest BCUT2D eigenvalue weighted by atomic mass is 10.0. The molecule has 0 radical (unpaired) electrons. The number of hydrogen-bond acceptors (Lipinski definition) is 4. The molecule has 0 aliphatic carbocycles. The lowest BCUT2D eigenvalue weighted by Crippen LogP contribution is -2.47. The van der Waals surface area contributed by atoms with Crippen LogP contribution in [0, 0.1) is 0 Å². The van der Waals surface area contributed by atoms with Gasteiger partial charge in [-0.25, -0.2) is 4.79 Å². The van der Waals surface area contributed by atoms with Crippen LogP contribution in [0.3, 0.4) is 0 Å². The molecule has 0 saturated carbocycles. The number of aryl methyl sites for hydroxylation is 1. The van der Waals surface area contributed by atoms with Crippen molar-refractivity contribution in [3.8, 4) is 0 Å². The zero-order valence-electron chi connectivity index (χ0n) is 17.6. The molecule has 3 aromatic rings. The first-order valence-electron chi connectivity index (χ1n) is 10.5. The van der Waals surface area contributed by atoms with Gasteiger partial charge < -0.3 is 10.6 Å². The molecule has 1 aromatic heterocycles. The van der Waals surface area contributed by atoms with E-state index in [0.717, 1.165) is 42.7 Å². The van der Waals surface area contributed by atoms with Crippen LogP contribution in [-0.4, -0.2) is 51.5 Å². The molecule has 31 heavy (non-hydrogen) atoms. The molecule has 162 valence electrons. The summed E-state index contributed by atoms with van der Waals surface area (Å²) in [6, 6.07) is 16.9. The van der Waals surface area contributed by atoms with Crippen LogP contribution in [0.2, 0.25) is 0 Å². The molecule has 2 amide bonds. The molecule has 0 unspecified atom stereocenters. The Labute approximate surface area is 180 Å². The summed E-state index contributed by atoms with van der Waals surface area (Å²) in [5.74, 6) is -0.206. The van der Waals surface area contributed by atoms with Crippen molar-refractivity contribution >= 4 is 28.5 Å². The van der Waals surface area contributed by atoms with E-state index < -0.39 is 0 Å². The monoisotopic (exact) mass is 421 g/mol. The van der Waals surface area contributed by atoms with Crippen LogP contribution in [0.25, 0.3) is 11.0 Å². The van der Waals surface area contributed by atoms with Gasteiger partial charge in [-0.1, -0.05) is 30.3 Å². The van der Waals surface area contributed by atoms with Gasteiger partial charge in [-0.3, -0.25) is 23.6 Å². The number of para-hydroxylation sites is 3. The summed E-state index contributed by atoms with van der Waals surface area (Å²) >= 11 is 0. The Hall–Kier alpha value is -3.39. The molecule has 0 bridgehead atoms. The van der Waals surface area contributed by atoms with Gasteiger partial charge in [-0.15, -0.1) is 0 Å². The Morgan fingerprint density at radius 1 is 0.903 bits per heavy atom. The van der Waals surface area contributed by atoms with Gasteiger partial charge >= 0.3 is 5.69 Å². The zero-order chi connectivity index (χ0) is 21.8. The number of carbonyl (C=O) groups is 2. The van der Waals surface area contributed by atoms with Gasteiger partial charge in [0.2, 0.25) is 11.8 Å². The number of fused-ring (bicyclic) bond motifs is 1. The number of imidazole rings is 1. The number of aromatic nitrogens is 2. The molecule has 8 nitrogen and oxygen atoms in total. The Morgan fingerprint density at radius 3 is 2.26 bits per heavy atom. The molecular formula is C23H27N5O3. The summed E-state index contributed by atoms with van der Waals surface area (Å²) in [6.07, 6.45) is 1.55. The average molecular weight is 422 g/mol. The topological polar surface area (TPSA) is 88.4 Å². The maximum absolute atomic E-state index is 12.6. The number of likely N-dealkylation sites (tertiary alicyclic amines) is 1. The van der Waals surface area contributed by atoms with Crippen molar-refractivity contribution in [2.45, 2.75) is 25.4 Å². The highest BCUT2D eigenvalue weighted by atomic mass is 16.2. The van der Waals surface area contributed by atoms with E-state index >= 15 is 0 Å². The van der Waals surface area contributed by atoms with Crippen LogP contribution in [0.5, 0.6) is 0 Å². The van der Waals surface area contributed by atoms with E-state index in [4.69, 9.17) is 0 Å². The van der Waals surface area contributed by atoms with Crippen LogP contribution in [0.1, 0.15) is 12.8 Å². The molecule has 2 heterocycles. The van der Waals surface area contributed by atoms with E-state index in [9.17, 15) is 14.4 Å². The second kappa shape index (κ2) is 9.18. The van der Waals surface area contributed by atoms with E-state index in [1.54, 1.807) is 11.6 Å². The standard InChI is InChI=1S/C23H27N5O3/c1-26-19-9-5-6-10-20(19)28(23(26)31)16-22(30)25-18-11-13-27(14-12-18)15-21(29)24-17-7-3-2-4-8-17/h2-10,18H,11-16H2,1H3,(H,24,29)(H,25,30). The number of carbonyl (C=O) groups excluding carboxylic acids is 2. The maximum Gasteiger partial charge on any atom is 0.329 e. The fourth-order valence-corrected chi connectivity index (χ4v) is 4.09. The van der Waals surface area contributed by atoms with Crippen molar-refractivity contribution in [2.24, 2.45) is 7.05 Å². The highest BCUT2D eigenvalue weighted by Gasteiger charge is 2.23. The summed E-state index contributed by atoms with van der Waals surface area (Å²) in [5.41, 5.74) is 2.15. The number of anilines is 1. The minimum atomic E-state index is -0.199. The quantitative estimate of drug-likeness (QED) is 0.632. The van der Waals surface area contributed by atoms with Crippen molar-refractivity contribution in [1.82, 2.24) is 19.4 Å². The minimum absolute atomic E-state index is 0.000117. The first-order chi connectivity index (χ1) is 15.0. The van der Waals surface area contributed by atoms with Gasteiger partial charge in [0.1, 0.15) is 6.54 Å². The summed E-state index contributed by atoms with van der Waals surface area (Å²) in [5, 5.41) is 5.94. The summed E-state index contributed by atoms with van der Waals surface area (Å²) in [4.78, 5) is 39.4. The van der Waals surface area contributed by atoms with Gasteiger partial charge in [-0.2, -0.15) is 0 Å². The van der Waals surface area contributed by atoms with Crippen molar-refractivity contribution in [2.75, 3.05) is 25.0 Å². The number of hydrogen-bond donors (Lipinski definition) is 2. The Bertz CT molecular complexity index is 1130. The van der Waals surface area contributed by atoms with Crippen LogP contribution in [-0.2, 0) is 23.2 Å². The third-order valence-corrected chi connectivity index (χ3v) is 5.73. The fraction of sp³-hybridized carbons (Fsp3) is 0.348. The normalized spacial score (nSPS) is 15.1. The van der Waals surface area contributed by atoms with Crippen molar-refractivity contribution < 1.29 is 9.59 Å². The number of benzene rings is 2. The second-order valence-electron chi connectivity index (χ2n) is 7.95. The third kappa shape index (κ3) is 4.86. The number of nitrogens with one attached hydrogen (secondary N) is 2. The lowest BCUT2D eigenvalue weighted by molar-refractivity contribution is -0.123. The van der Waals surface area contributed by atoms with E-state index in [0.29, 0.717) is 6.54 Å². The second-order valence-corrected chi connectivity index (χ2v) is 7.95. The zero-order valence-corrected chi connectivity index (χ0v) is 17.6. The summed E-state index contributed by atoms with van der Waals surface area (Å²) in [6.45, 7) is 1.81. The van der Waals surface area contributed by atoms with E-state index in [2.05, 4.69) is 15.5 Å². The highest BCUT2D eigenvalue weighted by molar-refractivity contribution is 5.92. The molecule has 1 aliphatic heterocycles. The smallest absolute Gasteiger partial charge is 0.329 e. The van der Waals surface area contributed by atoms with Gasteiger partial charge in [0.25, 0.3) is 0 Å². The molecule has 0 atom stereocenters. The van der Waals surface area contributed by atoms with Crippen LogP contribution in [0.15, 0.2) is 59.4 Å². The molecule has 0 spiro atoms. The first kappa shape index (κ1) is 20.9. The van der Waals surface area contributed by atoms with E-state index in [-0.39, 0.29) is 30.1 Å². The number of rotatable bonds is 6. The molecule has 4 rings (SSSR count). The molecule has 8 heteroatoms. The molecule has 1 fully saturated rings. The van der Waals surface area contributed by atoms with Gasteiger partial charge in [0, 0.05) is 31.9 Å². The molecule has 2 N–H and O–H groups in total. The molecule has 2 aromatic carbocycles. The number of piperidine rings is 1. The lowest BCUT2D eigenvalue weighted by Gasteiger charge is -2.31. The summed E-state index contributed by atoms with van der Waals surface area (Å²) < 4.78 is 3.06. The number of nitrogens with zero attached hydrogens (tertiary/aromatic N) is 3. The van der Waals surface area contributed by atoms with Crippen LogP contribution >= 0.6 is 0 Å². The predicted octanol–water partition coefficient (Wildman–Crippen LogP) is 1.56. The Morgan fingerprint density at radius 2 is 1.55 bits per heavy atom. The van der Waals surface area contributed by atoms with Crippen molar-refractivity contribution in [3.63, 3.8) is 0 Å². The van der Waals surface area contributed by atoms with Gasteiger partial charge in [-0.05, 0) is 37.1 Å².